The number of hydrogen-bond acceptors (Lipinski definition) is 2. The molecule has 13 heavy (non-hydrogen) atoms. The zero-order valence-electron chi connectivity index (χ0n) is 8.66. The van der Waals surface area contributed by atoms with E-state index in [1.165, 1.54) is 4.68 Å². The summed E-state index contributed by atoms with van der Waals surface area (Å²) >= 11 is 0. The molecule has 0 saturated carbocycles. The molecule has 0 aliphatic carbocycles. The summed E-state index contributed by atoms with van der Waals surface area (Å²) < 4.78 is 1.34. The van der Waals surface area contributed by atoms with Gasteiger partial charge in [-0.25, -0.2) is 4.68 Å². The van der Waals surface area contributed by atoms with Gasteiger partial charge in [0.05, 0.1) is 6.20 Å². The van der Waals surface area contributed by atoms with Gasteiger partial charge in [-0.15, -0.1) is 0 Å². The van der Waals surface area contributed by atoms with E-state index in [0.29, 0.717) is 0 Å². The van der Waals surface area contributed by atoms with Gasteiger partial charge in [0.1, 0.15) is 0 Å². The molecular weight excluding hydrogens is 164 g/mol. The largest absolute Gasteiger partial charge is 0.268 e. The van der Waals surface area contributed by atoms with E-state index in [2.05, 4.69) is 25.9 Å². The third-order valence-electron chi connectivity index (χ3n) is 1.76. The standard InChI is InChI=1S/C10H16N2O/c1-10(2,3)6-8-5-9(13)12(4)11-7-8/h5,7H,6H2,1-4H3. The summed E-state index contributed by atoms with van der Waals surface area (Å²) in [7, 11) is 1.66. The lowest BCUT2D eigenvalue weighted by atomic mass is 9.89. The van der Waals surface area contributed by atoms with Crippen molar-refractivity contribution in [1.82, 2.24) is 9.78 Å². The average molecular weight is 180 g/mol. The van der Waals surface area contributed by atoms with Crippen LogP contribution in [0.2, 0.25) is 0 Å². The summed E-state index contributed by atoms with van der Waals surface area (Å²) in [5.41, 5.74) is 1.17. The van der Waals surface area contributed by atoms with Crippen molar-refractivity contribution >= 4 is 0 Å². The van der Waals surface area contributed by atoms with Crippen LogP contribution in [-0.4, -0.2) is 9.78 Å². The number of rotatable bonds is 1. The Morgan fingerprint density at radius 2 is 2.08 bits per heavy atom. The van der Waals surface area contributed by atoms with E-state index in [1.807, 2.05) is 0 Å². The summed E-state index contributed by atoms with van der Waals surface area (Å²) in [4.78, 5) is 11.2. The quantitative estimate of drug-likeness (QED) is 0.654. The SMILES string of the molecule is Cn1ncc(CC(C)(C)C)cc1=O. The molecule has 0 bridgehead atoms. The Labute approximate surface area is 78.4 Å². The molecule has 1 heterocycles. The Morgan fingerprint density at radius 1 is 1.46 bits per heavy atom. The minimum absolute atomic E-state index is 0.0400. The van der Waals surface area contributed by atoms with E-state index >= 15 is 0 Å². The van der Waals surface area contributed by atoms with Gasteiger partial charge in [-0.2, -0.15) is 5.10 Å². The van der Waals surface area contributed by atoms with Gasteiger partial charge < -0.3 is 0 Å². The van der Waals surface area contributed by atoms with Crippen LogP contribution in [0, 0.1) is 5.41 Å². The molecule has 0 radical (unpaired) electrons. The van der Waals surface area contributed by atoms with Crippen LogP contribution in [0.15, 0.2) is 17.1 Å². The monoisotopic (exact) mass is 180 g/mol. The fraction of sp³-hybridized carbons (Fsp3) is 0.600. The van der Waals surface area contributed by atoms with E-state index in [0.717, 1.165) is 12.0 Å². The van der Waals surface area contributed by atoms with Gasteiger partial charge >= 0.3 is 0 Å². The molecule has 3 nitrogen and oxygen atoms in total. The first kappa shape index (κ1) is 9.96. The van der Waals surface area contributed by atoms with Crippen LogP contribution < -0.4 is 5.56 Å². The predicted molar refractivity (Wildman–Crippen MR) is 52.6 cm³/mol. The van der Waals surface area contributed by atoms with Crippen LogP contribution in [0.1, 0.15) is 26.3 Å². The molecular formula is C10H16N2O. The lowest BCUT2D eigenvalue weighted by molar-refractivity contribution is 0.409. The van der Waals surface area contributed by atoms with Crippen molar-refractivity contribution in [1.29, 1.82) is 0 Å². The molecule has 0 fully saturated rings. The molecule has 0 unspecified atom stereocenters. The van der Waals surface area contributed by atoms with Crippen molar-refractivity contribution in [2.75, 3.05) is 0 Å². The molecule has 1 aromatic rings. The highest BCUT2D eigenvalue weighted by Crippen LogP contribution is 2.18. The maximum absolute atomic E-state index is 11.2. The van der Waals surface area contributed by atoms with Crippen molar-refractivity contribution in [2.24, 2.45) is 12.5 Å². The predicted octanol–water partition coefficient (Wildman–Crippen LogP) is 1.37. The highest BCUT2D eigenvalue weighted by atomic mass is 16.1. The summed E-state index contributed by atoms with van der Waals surface area (Å²) in [6.07, 6.45) is 2.64. The van der Waals surface area contributed by atoms with Crippen molar-refractivity contribution in [3.8, 4) is 0 Å². The molecule has 0 spiro atoms. The van der Waals surface area contributed by atoms with Gasteiger partial charge in [0.2, 0.25) is 0 Å². The first-order chi connectivity index (χ1) is 5.88. The highest BCUT2D eigenvalue weighted by molar-refractivity contribution is 5.07. The summed E-state index contributed by atoms with van der Waals surface area (Å²) in [5.74, 6) is 0. The summed E-state index contributed by atoms with van der Waals surface area (Å²) in [6, 6.07) is 1.65. The smallest absolute Gasteiger partial charge is 0.266 e. The van der Waals surface area contributed by atoms with Crippen molar-refractivity contribution in [2.45, 2.75) is 27.2 Å². The molecule has 1 aromatic heterocycles. The number of aryl methyl sites for hydroxylation is 1. The average Bonchev–Trinajstić information content (AvgIpc) is 1.94. The lowest BCUT2D eigenvalue weighted by Crippen LogP contribution is -2.20. The van der Waals surface area contributed by atoms with Crippen LogP contribution in [0.5, 0.6) is 0 Å². The van der Waals surface area contributed by atoms with Crippen LogP contribution in [0.25, 0.3) is 0 Å². The van der Waals surface area contributed by atoms with Crippen LogP contribution in [0.3, 0.4) is 0 Å². The Morgan fingerprint density at radius 3 is 2.54 bits per heavy atom. The highest BCUT2D eigenvalue weighted by Gasteiger charge is 2.11. The maximum Gasteiger partial charge on any atom is 0.266 e. The summed E-state index contributed by atoms with van der Waals surface area (Å²) in [6.45, 7) is 6.43. The first-order valence-electron chi connectivity index (χ1n) is 4.41. The minimum Gasteiger partial charge on any atom is -0.268 e. The Kier molecular flexibility index (Phi) is 2.55. The zero-order chi connectivity index (χ0) is 10.1. The van der Waals surface area contributed by atoms with E-state index in [4.69, 9.17) is 0 Å². The Balaban J connectivity index is 2.93. The van der Waals surface area contributed by atoms with Crippen molar-refractivity contribution in [3.63, 3.8) is 0 Å². The Hall–Kier alpha value is -1.12. The second-order valence-electron chi connectivity index (χ2n) is 4.56. The van der Waals surface area contributed by atoms with Crippen molar-refractivity contribution in [3.05, 3.63) is 28.2 Å². The first-order valence-corrected chi connectivity index (χ1v) is 4.41. The maximum atomic E-state index is 11.2. The molecule has 0 aliphatic heterocycles. The van der Waals surface area contributed by atoms with Crippen LogP contribution in [-0.2, 0) is 13.5 Å². The molecule has 0 saturated heterocycles. The molecule has 1 rings (SSSR count). The fourth-order valence-corrected chi connectivity index (χ4v) is 1.22. The number of hydrogen-bond donors (Lipinski definition) is 0. The van der Waals surface area contributed by atoms with Gasteiger partial charge in [-0.1, -0.05) is 20.8 Å². The molecule has 0 atom stereocenters. The second kappa shape index (κ2) is 3.32. The number of nitrogens with zero attached hydrogens (tertiary/aromatic N) is 2. The molecule has 0 N–H and O–H groups in total. The van der Waals surface area contributed by atoms with Crippen molar-refractivity contribution < 1.29 is 0 Å². The molecule has 72 valence electrons. The van der Waals surface area contributed by atoms with Crippen LogP contribution >= 0.6 is 0 Å². The van der Waals surface area contributed by atoms with Gasteiger partial charge in [0, 0.05) is 13.1 Å². The summed E-state index contributed by atoms with van der Waals surface area (Å²) in [5, 5.41) is 3.97. The van der Waals surface area contributed by atoms with Gasteiger partial charge in [-0.05, 0) is 17.4 Å². The normalized spacial score (nSPS) is 11.7. The Bertz CT molecular complexity index is 347. The lowest BCUT2D eigenvalue weighted by Gasteiger charge is -2.17. The molecule has 3 heteroatoms. The van der Waals surface area contributed by atoms with E-state index in [1.54, 1.807) is 19.3 Å². The van der Waals surface area contributed by atoms with Crippen LogP contribution in [0.4, 0.5) is 0 Å². The fourth-order valence-electron chi connectivity index (χ4n) is 1.22. The molecule has 0 amide bonds. The topological polar surface area (TPSA) is 34.9 Å². The zero-order valence-corrected chi connectivity index (χ0v) is 8.66. The van der Waals surface area contributed by atoms with Gasteiger partial charge in [-0.3, -0.25) is 4.79 Å². The second-order valence-corrected chi connectivity index (χ2v) is 4.56. The third-order valence-corrected chi connectivity index (χ3v) is 1.76. The van der Waals surface area contributed by atoms with Gasteiger partial charge in [0.25, 0.3) is 5.56 Å². The minimum atomic E-state index is -0.0400. The van der Waals surface area contributed by atoms with E-state index < -0.39 is 0 Å². The van der Waals surface area contributed by atoms with E-state index in [9.17, 15) is 4.79 Å². The molecule has 0 aromatic carbocycles. The number of aromatic nitrogens is 2. The van der Waals surface area contributed by atoms with E-state index in [-0.39, 0.29) is 11.0 Å². The third kappa shape index (κ3) is 3.01. The van der Waals surface area contributed by atoms with Gasteiger partial charge in [0.15, 0.2) is 0 Å². The molecule has 0 aliphatic rings.